The molecule has 2 atom stereocenters. The van der Waals surface area contributed by atoms with Gasteiger partial charge in [0.1, 0.15) is 0 Å². The molecule has 0 radical (unpaired) electrons. The van der Waals surface area contributed by atoms with Crippen LogP contribution >= 0.6 is 0 Å². The largest absolute Gasteiger partial charge is 0.394 e. The van der Waals surface area contributed by atoms with Crippen molar-refractivity contribution in [3.05, 3.63) is 0 Å². The van der Waals surface area contributed by atoms with E-state index in [2.05, 4.69) is 5.32 Å². The molecule has 0 aromatic carbocycles. The standard InChI is InChI=1S/C5H11NO3/c1-4(9)5(2-7)6-3-8/h3-5,7,9H,2H2,1H3,(H,6,8)/t4-,5-/m1/s1. The fourth-order valence-corrected chi connectivity index (χ4v) is 0.432. The van der Waals surface area contributed by atoms with Crippen LogP contribution in [-0.4, -0.2) is 35.4 Å². The van der Waals surface area contributed by atoms with Crippen LogP contribution < -0.4 is 5.32 Å². The third kappa shape index (κ3) is 3.05. The lowest BCUT2D eigenvalue weighted by Crippen LogP contribution is -2.40. The molecule has 0 aliphatic heterocycles. The molecular weight excluding hydrogens is 122 g/mol. The number of carbonyl (C=O) groups excluding carboxylic acids is 1. The first kappa shape index (κ1) is 8.39. The van der Waals surface area contributed by atoms with E-state index in [0.717, 1.165) is 0 Å². The van der Waals surface area contributed by atoms with Crippen LogP contribution in [0.25, 0.3) is 0 Å². The van der Waals surface area contributed by atoms with Gasteiger partial charge in [-0.2, -0.15) is 0 Å². The Morgan fingerprint density at radius 1 is 1.78 bits per heavy atom. The number of aliphatic hydroxyl groups is 2. The summed E-state index contributed by atoms with van der Waals surface area (Å²) < 4.78 is 0. The lowest BCUT2D eigenvalue weighted by Gasteiger charge is -2.14. The van der Waals surface area contributed by atoms with Crippen LogP contribution in [0.5, 0.6) is 0 Å². The zero-order valence-electron chi connectivity index (χ0n) is 5.24. The van der Waals surface area contributed by atoms with Gasteiger partial charge in [-0.05, 0) is 6.92 Å². The van der Waals surface area contributed by atoms with E-state index in [1.807, 2.05) is 0 Å². The van der Waals surface area contributed by atoms with Crippen LogP contribution in [-0.2, 0) is 4.79 Å². The fraction of sp³-hybridized carbons (Fsp3) is 0.800. The maximum Gasteiger partial charge on any atom is 0.207 e. The summed E-state index contributed by atoms with van der Waals surface area (Å²) >= 11 is 0. The second kappa shape index (κ2) is 4.29. The molecule has 0 saturated carbocycles. The van der Waals surface area contributed by atoms with E-state index < -0.39 is 12.1 Å². The first-order valence-electron chi connectivity index (χ1n) is 2.71. The molecule has 54 valence electrons. The van der Waals surface area contributed by atoms with Gasteiger partial charge in [0.25, 0.3) is 0 Å². The van der Waals surface area contributed by atoms with Gasteiger partial charge in [-0.1, -0.05) is 0 Å². The van der Waals surface area contributed by atoms with Crippen molar-refractivity contribution in [3.8, 4) is 0 Å². The minimum Gasteiger partial charge on any atom is -0.394 e. The number of carbonyl (C=O) groups is 1. The summed E-state index contributed by atoms with van der Waals surface area (Å²) in [6.45, 7) is 1.26. The zero-order valence-corrected chi connectivity index (χ0v) is 5.24. The van der Waals surface area contributed by atoms with E-state index in [9.17, 15) is 4.79 Å². The van der Waals surface area contributed by atoms with Gasteiger partial charge < -0.3 is 15.5 Å². The number of aliphatic hydroxyl groups excluding tert-OH is 2. The number of nitrogens with one attached hydrogen (secondary N) is 1. The van der Waals surface area contributed by atoms with E-state index in [0.29, 0.717) is 6.41 Å². The van der Waals surface area contributed by atoms with Gasteiger partial charge in [-0.3, -0.25) is 4.79 Å². The summed E-state index contributed by atoms with van der Waals surface area (Å²) in [5.74, 6) is 0. The van der Waals surface area contributed by atoms with Crippen molar-refractivity contribution in [1.82, 2.24) is 5.32 Å². The molecule has 4 heteroatoms. The lowest BCUT2D eigenvalue weighted by molar-refractivity contribution is -0.111. The van der Waals surface area contributed by atoms with Crippen LogP contribution in [0.1, 0.15) is 6.92 Å². The maximum atomic E-state index is 9.75. The second-order valence-corrected chi connectivity index (χ2v) is 1.81. The van der Waals surface area contributed by atoms with E-state index >= 15 is 0 Å². The average molecular weight is 133 g/mol. The summed E-state index contributed by atoms with van der Waals surface area (Å²) in [4.78, 5) is 9.75. The van der Waals surface area contributed by atoms with Crippen molar-refractivity contribution in [1.29, 1.82) is 0 Å². The molecule has 0 heterocycles. The number of hydrogen-bond donors (Lipinski definition) is 3. The average Bonchev–Trinajstić information content (AvgIpc) is 1.82. The quantitative estimate of drug-likeness (QED) is 0.408. The topological polar surface area (TPSA) is 69.6 Å². The number of hydrogen-bond acceptors (Lipinski definition) is 3. The van der Waals surface area contributed by atoms with Crippen molar-refractivity contribution >= 4 is 6.41 Å². The summed E-state index contributed by atoms with van der Waals surface area (Å²) in [6.07, 6.45) is -0.256. The SMILES string of the molecule is C[C@@H](O)[C@@H](CO)NC=O. The highest BCUT2D eigenvalue weighted by Crippen LogP contribution is 1.87. The smallest absolute Gasteiger partial charge is 0.207 e. The predicted molar refractivity (Wildman–Crippen MR) is 31.8 cm³/mol. The molecule has 0 rings (SSSR count). The molecule has 0 fully saturated rings. The molecule has 0 saturated heterocycles. The highest BCUT2D eigenvalue weighted by molar-refractivity contribution is 5.46. The van der Waals surface area contributed by atoms with Crippen molar-refractivity contribution < 1.29 is 15.0 Å². The Labute approximate surface area is 53.5 Å². The van der Waals surface area contributed by atoms with Gasteiger partial charge in [-0.15, -0.1) is 0 Å². The highest BCUT2D eigenvalue weighted by Gasteiger charge is 2.10. The summed E-state index contributed by atoms with van der Waals surface area (Å²) in [5, 5.41) is 19.5. The summed E-state index contributed by atoms with van der Waals surface area (Å²) in [6, 6.07) is -0.539. The lowest BCUT2D eigenvalue weighted by atomic mass is 10.2. The van der Waals surface area contributed by atoms with Gasteiger partial charge in [0.2, 0.25) is 6.41 Å². The normalized spacial score (nSPS) is 16.3. The molecule has 3 N–H and O–H groups in total. The predicted octanol–water partition coefficient (Wildman–Crippen LogP) is -1.53. The van der Waals surface area contributed by atoms with Crippen molar-refractivity contribution in [2.24, 2.45) is 0 Å². The zero-order chi connectivity index (χ0) is 7.28. The van der Waals surface area contributed by atoms with E-state index in [4.69, 9.17) is 10.2 Å². The Morgan fingerprint density at radius 3 is 2.44 bits per heavy atom. The van der Waals surface area contributed by atoms with Gasteiger partial charge in [0.05, 0.1) is 18.8 Å². The van der Waals surface area contributed by atoms with Gasteiger partial charge >= 0.3 is 0 Å². The molecule has 0 aromatic heterocycles. The summed E-state index contributed by atoms with van der Waals surface area (Å²) in [7, 11) is 0. The molecule has 0 spiro atoms. The van der Waals surface area contributed by atoms with E-state index in [1.165, 1.54) is 6.92 Å². The Balaban J connectivity index is 3.53. The van der Waals surface area contributed by atoms with Crippen LogP contribution in [0, 0.1) is 0 Å². The Morgan fingerprint density at radius 2 is 2.33 bits per heavy atom. The molecule has 0 aliphatic rings. The Kier molecular flexibility index (Phi) is 4.00. The minimum absolute atomic E-state index is 0.240. The van der Waals surface area contributed by atoms with Crippen molar-refractivity contribution in [3.63, 3.8) is 0 Å². The van der Waals surface area contributed by atoms with Crippen molar-refractivity contribution in [2.75, 3.05) is 6.61 Å². The molecule has 0 bridgehead atoms. The van der Waals surface area contributed by atoms with E-state index in [1.54, 1.807) is 0 Å². The molecule has 0 aliphatic carbocycles. The second-order valence-electron chi connectivity index (χ2n) is 1.81. The highest BCUT2D eigenvalue weighted by atomic mass is 16.3. The Bertz CT molecular complexity index is 84.3. The monoisotopic (exact) mass is 133 g/mol. The fourth-order valence-electron chi connectivity index (χ4n) is 0.432. The molecule has 0 aromatic rings. The van der Waals surface area contributed by atoms with Crippen LogP contribution in [0.4, 0.5) is 0 Å². The third-order valence-electron chi connectivity index (χ3n) is 1.06. The number of amides is 1. The Hall–Kier alpha value is -0.610. The van der Waals surface area contributed by atoms with Crippen LogP contribution in [0.2, 0.25) is 0 Å². The molecule has 9 heavy (non-hydrogen) atoms. The van der Waals surface area contributed by atoms with Gasteiger partial charge in [0, 0.05) is 0 Å². The van der Waals surface area contributed by atoms with E-state index in [-0.39, 0.29) is 6.61 Å². The summed E-state index contributed by atoms with van der Waals surface area (Å²) in [5.41, 5.74) is 0. The molecule has 4 nitrogen and oxygen atoms in total. The van der Waals surface area contributed by atoms with Gasteiger partial charge in [-0.25, -0.2) is 0 Å². The van der Waals surface area contributed by atoms with Crippen molar-refractivity contribution in [2.45, 2.75) is 19.1 Å². The first-order chi connectivity index (χ1) is 4.22. The first-order valence-corrected chi connectivity index (χ1v) is 2.71. The third-order valence-corrected chi connectivity index (χ3v) is 1.06. The number of rotatable bonds is 4. The van der Waals surface area contributed by atoms with Crippen LogP contribution in [0.15, 0.2) is 0 Å². The van der Waals surface area contributed by atoms with Crippen LogP contribution in [0.3, 0.4) is 0 Å². The maximum absolute atomic E-state index is 9.75. The minimum atomic E-state index is -0.708. The van der Waals surface area contributed by atoms with Gasteiger partial charge in [0.15, 0.2) is 0 Å². The molecule has 1 amide bonds. The molecular formula is C5H11NO3. The molecule has 0 unspecified atom stereocenters.